The van der Waals surface area contributed by atoms with Crippen molar-refractivity contribution in [3.63, 3.8) is 0 Å². The Balaban J connectivity index is 1.93. The fourth-order valence-electron chi connectivity index (χ4n) is 2.31. The molecule has 1 aliphatic rings. The average molecular weight is 229 g/mol. The molecule has 88 valence electrons. The minimum atomic E-state index is -0.132. The summed E-state index contributed by atoms with van der Waals surface area (Å²) in [7, 11) is 0. The molecule has 0 unspecified atom stereocenters. The van der Waals surface area contributed by atoms with Crippen LogP contribution in [0.25, 0.3) is 5.69 Å². The Hall–Kier alpha value is -1.68. The van der Waals surface area contributed by atoms with Crippen LogP contribution in [0.3, 0.4) is 0 Å². The molecule has 0 aliphatic heterocycles. The Labute approximate surface area is 99.9 Å². The number of aliphatic hydroxyl groups excluding tert-OH is 1. The van der Waals surface area contributed by atoms with Crippen LogP contribution in [-0.4, -0.2) is 26.7 Å². The highest BCUT2D eigenvalue weighted by atomic mass is 16.3. The lowest BCUT2D eigenvalue weighted by atomic mass is 9.67. The van der Waals surface area contributed by atoms with E-state index in [-0.39, 0.29) is 12.0 Å². The van der Waals surface area contributed by atoms with E-state index in [2.05, 4.69) is 10.3 Å². The second-order valence-electron chi connectivity index (χ2n) is 4.68. The molecule has 0 bridgehead atoms. The molecule has 0 spiro atoms. The van der Waals surface area contributed by atoms with Gasteiger partial charge >= 0.3 is 0 Å². The SMILES string of the molecule is OCC1(c2cn(-c3ccccc3)nn2)CCC1. The topological polar surface area (TPSA) is 50.9 Å². The van der Waals surface area contributed by atoms with Crippen LogP contribution in [-0.2, 0) is 5.41 Å². The molecular formula is C13H15N3O. The number of benzene rings is 1. The highest BCUT2D eigenvalue weighted by Crippen LogP contribution is 2.42. The van der Waals surface area contributed by atoms with Crippen LogP contribution in [0.1, 0.15) is 25.0 Å². The van der Waals surface area contributed by atoms with Crippen LogP contribution in [0.2, 0.25) is 0 Å². The van der Waals surface area contributed by atoms with Gasteiger partial charge in [0, 0.05) is 5.41 Å². The summed E-state index contributed by atoms with van der Waals surface area (Å²) < 4.78 is 1.77. The van der Waals surface area contributed by atoms with Gasteiger partial charge in [0.2, 0.25) is 0 Å². The highest BCUT2D eigenvalue weighted by Gasteiger charge is 2.40. The zero-order chi connectivity index (χ0) is 11.7. The molecule has 3 rings (SSSR count). The Morgan fingerprint density at radius 3 is 2.59 bits per heavy atom. The first-order chi connectivity index (χ1) is 8.34. The standard InChI is InChI=1S/C13H15N3O/c17-10-13(7-4-8-13)12-9-16(15-14-12)11-5-2-1-3-6-11/h1-3,5-6,9,17H,4,7-8,10H2. The van der Waals surface area contributed by atoms with E-state index < -0.39 is 0 Å². The lowest BCUT2D eigenvalue weighted by Crippen LogP contribution is -2.38. The summed E-state index contributed by atoms with van der Waals surface area (Å²) in [4.78, 5) is 0. The molecule has 1 aromatic heterocycles. The molecule has 2 aromatic rings. The van der Waals surface area contributed by atoms with E-state index in [9.17, 15) is 5.11 Å². The van der Waals surface area contributed by atoms with Gasteiger partial charge in [-0.2, -0.15) is 0 Å². The first kappa shape index (κ1) is 10.5. The van der Waals surface area contributed by atoms with E-state index in [1.54, 1.807) is 4.68 Å². The number of nitrogens with zero attached hydrogens (tertiary/aromatic N) is 3. The zero-order valence-corrected chi connectivity index (χ0v) is 9.58. The van der Waals surface area contributed by atoms with Crippen molar-refractivity contribution >= 4 is 0 Å². The number of aliphatic hydroxyl groups is 1. The van der Waals surface area contributed by atoms with Gasteiger partial charge in [-0.05, 0) is 25.0 Å². The normalized spacial score (nSPS) is 17.7. The molecule has 0 saturated heterocycles. The molecule has 1 aromatic carbocycles. The molecule has 0 atom stereocenters. The maximum absolute atomic E-state index is 9.49. The maximum atomic E-state index is 9.49. The minimum Gasteiger partial charge on any atom is -0.395 e. The molecule has 17 heavy (non-hydrogen) atoms. The van der Waals surface area contributed by atoms with Crippen molar-refractivity contribution in [1.29, 1.82) is 0 Å². The van der Waals surface area contributed by atoms with Gasteiger partial charge in [-0.1, -0.05) is 29.8 Å². The second-order valence-corrected chi connectivity index (χ2v) is 4.68. The average Bonchev–Trinajstić information content (AvgIpc) is 2.80. The van der Waals surface area contributed by atoms with E-state index >= 15 is 0 Å². The molecule has 1 N–H and O–H groups in total. The summed E-state index contributed by atoms with van der Waals surface area (Å²) in [6, 6.07) is 9.90. The Morgan fingerprint density at radius 1 is 1.24 bits per heavy atom. The predicted octanol–water partition coefficient (Wildman–Crippen LogP) is 1.68. The fraction of sp³-hybridized carbons (Fsp3) is 0.385. The van der Waals surface area contributed by atoms with Gasteiger partial charge in [-0.3, -0.25) is 0 Å². The van der Waals surface area contributed by atoms with E-state index in [4.69, 9.17) is 0 Å². The van der Waals surface area contributed by atoms with Crippen LogP contribution >= 0.6 is 0 Å². The highest BCUT2D eigenvalue weighted by molar-refractivity contribution is 5.31. The van der Waals surface area contributed by atoms with Crippen LogP contribution in [0, 0.1) is 0 Å². The molecule has 0 amide bonds. The quantitative estimate of drug-likeness (QED) is 0.871. The predicted molar refractivity (Wildman–Crippen MR) is 64.0 cm³/mol. The number of aromatic nitrogens is 3. The van der Waals surface area contributed by atoms with Gasteiger partial charge in [0.25, 0.3) is 0 Å². The lowest BCUT2D eigenvalue weighted by molar-refractivity contribution is 0.116. The van der Waals surface area contributed by atoms with Gasteiger partial charge in [0.15, 0.2) is 0 Å². The lowest BCUT2D eigenvalue weighted by Gasteiger charge is -2.38. The van der Waals surface area contributed by atoms with Crippen molar-refractivity contribution in [3.05, 3.63) is 42.2 Å². The van der Waals surface area contributed by atoms with Gasteiger partial charge in [-0.25, -0.2) is 4.68 Å². The first-order valence-electron chi connectivity index (χ1n) is 5.93. The van der Waals surface area contributed by atoms with Crippen LogP contribution in [0.5, 0.6) is 0 Å². The largest absolute Gasteiger partial charge is 0.395 e. The van der Waals surface area contributed by atoms with Crippen LogP contribution in [0.15, 0.2) is 36.5 Å². The van der Waals surface area contributed by atoms with E-state index in [1.807, 2.05) is 36.5 Å². The Morgan fingerprint density at radius 2 is 2.00 bits per heavy atom. The monoisotopic (exact) mass is 229 g/mol. The van der Waals surface area contributed by atoms with Crippen molar-refractivity contribution in [2.45, 2.75) is 24.7 Å². The molecule has 1 saturated carbocycles. The summed E-state index contributed by atoms with van der Waals surface area (Å²) in [6.07, 6.45) is 5.12. The third-order valence-electron chi connectivity index (χ3n) is 3.67. The molecule has 1 heterocycles. The summed E-state index contributed by atoms with van der Waals surface area (Å²) in [5.74, 6) is 0. The molecule has 1 fully saturated rings. The Kier molecular flexibility index (Phi) is 2.44. The van der Waals surface area contributed by atoms with Crippen molar-refractivity contribution in [3.8, 4) is 5.69 Å². The molecule has 4 heteroatoms. The number of para-hydroxylation sites is 1. The zero-order valence-electron chi connectivity index (χ0n) is 9.58. The summed E-state index contributed by atoms with van der Waals surface area (Å²) >= 11 is 0. The third kappa shape index (κ3) is 1.65. The van der Waals surface area contributed by atoms with Gasteiger partial charge < -0.3 is 5.11 Å². The summed E-state index contributed by atoms with van der Waals surface area (Å²) in [5.41, 5.74) is 1.78. The molecule has 4 nitrogen and oxygen atoms in total. The van der Waals surface area contributed by atoms with Crippen molar-refractivity contribution in [1.82, 2.24) is 15.0 Å². The third-order valence-corrected chi connectivity index (χ3v) is 3.67. The fourth-order valence-corrected chi connectivity index (χ4v) is 2.31. The summed E-state index contributed by atoms with van der Waals surface area (Å²) in [6.45, 7) is 0.167. The minimum absolute atomic E-state index is 0.132. The molecule has 0 radical (unpaired) electrons. The van der Waals surface area contributed by atoms with E-state index in [0.717, 1.165) is 24.2 Å². The van der Waals surface area contributed by atoms with Gasteiger partial charge in [0.05, 0.1) is 24.2 Å². The second kappa shape index (κ2) is 3.96. The van der Waals surface area contributed by atoms with Crippen molar-refractivity contribution < 1.29 is 5.11 Å². The van der Waals surface area contributed by atoms with Crippen molar-refractivity contribution in [2.24, 2.45) is 0 Å². The van der Waals surface area contributed by atoms with Crippen LogP contribution in [0.4, 0.5) is 0 Å². The number of hydrogen-bond acceptors (Lipinski definition) is 3. The molecule has 1 aliphatic carbocycles. The smallest absolute Gasteiger partial charge is 0.0916 e. The van der Waals surface area contributed by atoms with E-state index in [0.29, 0.717) is 0 Å². The van der Waals surface area contributed by atoms with Gasteiger partial charge in [0.1, 0.15) is 0 Å². The Bertz CT molecular complexity index is 497. The summed E-state index contributed by atoms with van der Waals surface area (Å²) in [5, 5.41) is 17.8. The first-order valence-corrected chi connectivity index (χ1v) is 5.93. The molecular weight excluding hydrogens is 214 g/mol. The maximum Gasteiger partial charge on any atom is 0.0916 e. The van der Waals surface area contributed by atoms with E-state index in [1.165, 1.54) is 6.42 Å². The van der Waals surface area contributed by atoms with Crippen LogP contribution < -0.4 is 0 Å². The van der Waals surface area contributed by atoms with Crippen molar-refractivity contribution in [2.75, 3.05) is 6.61 Å². The van der Waals surface area contributed by atoms with Gasteiger partial charge in [-0.15, -0.1) is 5.10 Å². The number of rotatable bonds is 3. The number of hydrogen-bond donors (Lipinski definition) is 1.